The van der Waals surface area contributed by atoms with Crippen molar-refractivity contribution in [2.24, 2.45) is 7.05 Å². The first-order valence-electron chi connectivity index (χ1n) is 10.0. The van der Waals surface area contributed by atoms with Gasteiger partial charge in [-0.15, -0.1) is 0 Å². The third-order valence-electron chi connectivity index (χ3n) is 5.34. The summed E-state index contributed by atoms with van der Waals surface area (Å²) < 4.78 is 22.0. The monoisotopic (exact) mass is 427 g/mol. The smallest absolute Gasteiger partial charge is 0.280 e. The maximum absolute atomic E-state index is 12.9. The number of imidazole rings is 1. The Hall–Kier alpha value is -3.04. The van der Waals surface area contributed by atoms with E-state index in [0.29, 0.717) is 29.2 Å². The second-order valence-corrected chi connectivity index (χ2v) is 7.78. The fourth-order valence-electron chi connectivity index (χ4n) is 3.72. The number of aromatic nitrogens is 6. The Morgan fingerprint density at radius 2 is 2.10 bits per heavy atom. The molecule has 2 atom stereocenters. The minimum atomic E-state index is -0.303. The molecule has 5 rings (SSSR count). The van der Waals surface area contributed by atoms with E-state index in [1.54, 1.807) is 14.0 Å². The number of nitrogens with zero attached hydrogens (tertiary/aromatic N) is 6. The van der Waals surface area contributed by atoms with Gasteiger partial charge in [-0.2, -0.15) is 4.98 Å². The number of aryl methyl sites for hydroxylation is 2. The lowest BCUT2D eigenvalue weighted by atomic mass is 10.0. The summed E-state index contributed by atoms with van der Waals surface area (Å²) in [7, 11) is 1.61. The van der Waals surface area contributed by atoms with E-state index < -0.39 is 0 Å². The molecule has 0 amide bonds. The van der Waals surface area contributed by atoms with Crippen molar-refractivity contribution < 1.29 is 10.6 Å². The van der Waals surface area contributed by atoms with Crippen LogP contribution in [0.3, 0.4) is 0 Å². The Kier molecular flexibility index (Phi) is 4.35. The van der Waals surface area contributed by atoms with Gasteiger partial charge in [-0.3, -0.25) is 9.36 Å². The third kappa shape index (κ3) is 3.29. The fourth-order valence-corrected chi connectivity index (χ4v) is 3.84. The van der Waals surface area contributed by atoms with Crippen LogP contribution in [0.15, 0.2) is 39.9 Å². The Labute approximate surface area is 177 Å². The Morgan fingerprint density at radius 1 is 1.30 bits per heavy atom. The summed E-state index contributed by atoms with van der Waals surface area (Å²) in [5, 5.41) is 4.79. The summed E-state index contributed by atoms with van der Waals surface area (Å²) in [6.45, 7) is 2.28. The molecule has 0 radical (unpaired) electrons. The molecule has 0 unspecified atom stereocenters. The number of fused-ring (bicyclic) bond motifs is 1. The van der Waals surface area contributed by atoms with Crippen LogP contribution in [0.2, 0.25) is 5.02 Å². The van der Waals surface area contributed by atoms with Crippen molar-refractivity contribution in [2.45, 2.75) is 31.9 Å². The van der Waals surface area contributed by atoms with E-state index in [9.17, 15) is 4.79 Å². The highest BCUT2D eigenvalue weighted by Gasteiger charge is 2.31. The van der Waals surface area contributed by atoms with Gasteiger partial charge in [0.15, 0.2) is 17.0 Å². The van der Waals surface area contributed by atoms with Gasteiger partial charge in [0.1, 0.15) is 13.7 Å². The number of halogens is 1. The van der Waals surface area contributed by atoms with Crippen LogP contribution in [0.1, 0.15) is 42.9 Å². The van der Waals surface area contributed by atoms with E-state index in [4.69, 9.17) is 22.2 Å². The fraction of sp³-hybridized carbons (Fsp3) is 0.350. The largest absolute Gasteiger partial charge is 0.373 e. The molecule has 3 aromatic heterocycles. The molecule has 1 aliphatic heterocycles. The molecule has 10 heteroatoms. The van der Waals surface area contributed by atoms with Crippen molar-refractivity contribution in [3.63, 3.8) is 0 Å². The van der Waals surface area contributed by atoms with Gasteiger partial charge in [0.2, 0.25) is 5.89 Å². The molecule has 1 saturated heterocycles. The van der Waals surface area contributed by atoms with Gasteiger partial charge in [0.25, 0.3) is 5.56 Å². The number of rotatable bonds is 4. The molecule has 0 bridgehead atoms. The van der Waals surface area contributed by atoms with Gasteiger partial charge in [0.05, 0.1) is 19.0 Å². The first kappa shape index (κ1) is 17.8. The minimum Gasteiger partial charge on any atom is -0.373 e. The summed E-state index contributed by atoms with van der Waals surface area (Å²) in [6.07, 6.45) is 0.659. The molecule has 0 saturated carbocycles. The summed E-state index contributed by atoms with van der Waals surface area (Å²) in [5.74, 6) is 1.33. The normalized spacial score (nSPS) is 19.5. The van der Waals surface area contributed by atoms with Gasteiger partial charge in [0, 0.05) is 18.0 Å². The Bertz CT molecular complexity index is 1330. The van der Waals surface area contributed by atoms with Crippen LogP contribution in [-0.4, -0.2) is 35.8 Å². The topological polar surface area (TPSA) is 101 Å². The first-order valence-corrected chi connectivity index (χ1v) is 9.88. The average molecular weight is 428 g/mol. The van der Waals surface area contributed by atoms with Crippen molar-refractivity contribution in [1.82, 2.24) is 29.2 Å². The molecule has 9 nitrogen and oxygen atoms in total. The Balaban J connectivity index is 1.37. The predicted octanol–water partition coefficient (Wildman–Crippen LogP) is 2.77. The van der Waals surface area contributed by atoms with E-state index in [0.717, 1.165) is 12.0 Å². The van der Waals surface area contributed by atoms with Gasteiger partial charge < -0.3 is 13.8 Å². The molecular weight excluding hydrogens is 408 g/mol. The molecular formula is C20H19ClN6O3. The second kappa shape index (κ2) is 7.33. The lowest BCUT2D eigenvalue weighted by molar-refractivity contribution is 0.110. The molecule has 1 aliphatic rings. The second-order valence-electron chi connectivity index (χ2n) is 7.35. The van der Waals surface area contributed by atoms with E-state index in [1.165, 1.54) is 9.13 Å². The van der Waals surface area contributed by atoms with Crippen molar-refractivity contribution in [1.29, 1.82) is 0 Å². The molecule has 0 N–H and O–H groups in total. The molecule has 0 spiro atoms. The zero-order valence-corrected chi connectivity index (χ0v) is 17.1. The zero-order chi connectivity index (χ0) is 21.7. The molecule has 1 aromatic carbocycles. The van der Waals surface area contributed by atoms with Crippen molar-refractivity contribution in [2.75, 3.05) is 6.61 Å². The number of benzene rings is 1. The summed E-state index contributed by atoms with van der Waals surface area (Å²) >= 11 is 5.96. The standard InChI is InChI=1S/C20H19ClN6O3/c1-11-23-19-17(26(2)10-22-19)20(28)27(11)8-16-24-18(25-30-16)13-7-15(29-9-13)12-3-5-14(21)6-4-12/h3-6,10,13,15H,7-9H2,1-2H3/t13-,15+/m0/s1/i10D. The van der Waals surface area contributed by atoms with Gasteiger partial charge >= 0.3 is 0 Å². The van der Waals surface area contributed by atoms with E-state index in [1.807, 2.05) is 24.3 Å². The average Bonchev–Trinajstić information content (AvgIpc) is 3.46. The van der Waals surface area contributed by atoms with Gasteiger partial charge in [-0.05, 0) is 31.0 Å². The van der Waals surface area contributed by atoms with Crippen molar-refractivity contribution >= 4 is 22.8 Å². The van der Waals surface area contributed by atoms with E-state index >= 15 is 0 Å². The van der Waals surface area contributed by atoms with E-state index in [-0.39, 0.29) is 41.6 Å². The first-order chi connectivity index (χ1) is 14.9. The van der Waals surface area contributed by atoms with Crippen LogP contribution < -0.4 is 5.56 Å². The van der Waals surface area contributed by atoms with Crippen LogP contribution in [0.25, 0.3) is 11.2 Å². The van der Waals surface area contributed by atoms with Crippen LogP contribution in [-0.2, 0) is 18.3 Å². The minimum absolute atomic E-state index is 0.000418. The Morgan fingerprint density at radius 3 is 2.90 bits per heavy atom. The van der Waals surface area contributed by atoms with Crippen LogP contribution >= 0.6 is 11.6 Å². The molecule has 4 aromatic rings. The third-order valence-corrected chi connectivity index (χ3v) is 5.59. The maximum Gasteiger partial charge on any atom is 0.280 e. The maximum atomic E-state index is 12.9. The number of hydrogen-bond acceptors (Lipinski definition) is 7. The molecule has 4 heterocycles. The van der Waals surface area contributed by atoms with Crippen LogP contribution in [0.4, 0.5) is 0 Å². The lowest BCUT2D eigenvalue weighted by Gasteiger charge is -2.09. The van der Waals surface area contributed by atoms with Gasteiger partial charge in [-0.1, -0.05) is 28.9 Å². The quantitative estimate of drug-likeness (QED) is 0.493. The van der Waals surface area contributed by atoms with Crippen LogP contribution in [0, 0.1) is 6.92 Å². The summed E-state index contributed by atoms with van der Waals surface area (Å²) in [6, 6.07) is 7.60. The van der Waals surface area contributed by atoms with Gasteiger partial charge in [-0.25, -0.2) is 9.97 Å². The highest BCUT2D eigenvalue weighted by Crippen LogP contribution is 2.37. The zero-order valence-electron chi connectivity index (χ0n) is 17.4. The van der Waals surface area contributed by atoms with Crippen LogP contribution in [0.5, 0.6) is 0 Å². The number of ether oxygens (including phenoxy) is 1. The number of hydrogen-bond donors (Lipinski definition) is 0. The molecule has 30 heavy (non-hydrogen) atoms. The SMILES string of the molecule is [2H]c1nc2nc(C)n(Cc3nc([C@@H]4CO[C@@H](c5ccc(Cl)cc5)C4)no3)c(=O)c2n1C. The molecule has 154 valence electrons. The molecule has 1 fully saturated rings. The van der Waals surface area contributed by atoms with Crippen molar-refractivity contribution in [3.8, 4) is 0 Å². The lowest BCUT2D eigenvalue weighted by Crippen LogP contribution is -2.25. The summed E-state index contributed by atoms with van der Waals surface area (Å²) in [4.78, 5) is 25.8. The molecule has 0 aliphatic carbocycles. The highest BCUT2D eigenvalue weighted by molar-refractivity contribution is 6.30. The van der Waals surface area contributed by atoms with Crippen molar-refractivity contribution in [3.05, 3.63) is 69.0 Å². The van der Waals surface area contributed by atoms with E-state index in [2.05, 4.69) is 20.1 Å². The predicted molar refractivity (Wildman–Crippen MR) is 108 cm³/mol. The summed E-state index contributed by atoms with van der Waals surface area (Å²) in [5.41, 5.74) is 1.28. The highest BCUT2D eigenvalue weighted by atomic mass is 35.5.